The van der Waals surface area contributed by atoms with Crippen LogP contribution >= 0.6 is 0 Å². The van der Waals surface area contributed by atoms with Gasteiger partial charge in [-0.15, -0.1) is 0 Å². The number of amides is 1. The summed E-state index contributed by atoms with van der Waals surface area (Å²) in [5, 5.41) is 2.80. The first-order valence-electron chi connectivity index (χ1n) is 8.72. The van der Waals surface area contributed by atoms with E-state index in [1.54, 1.807) is 30.3 Å². The summed E-state index contributed by atoms with van der Waals surface area (Å²) < 4.78 is 16.8. The van der Waals surface area contributed by atoms with Crippen LogP contribution in [0.1, 0.15) is 6.92 Å². The van der Waals surface area contributed by atoms with Gasteiger partial charge in [-0.25, -0.2) is 0 Å². The Balaban J connectivity index is 1.52. The van der Waals surface area contributed by atoms with Gasteiger partial charge in [0, 0.05) is 0 Å². The largest absolute Gasteiger partial charge is 0.492 e. The van der Waals surface area contributed by atoms with E-state index in [0.29, 0.717) is 29.5 Å². The third kappa shape index (κ3) is 5.51. The van der Waals surface area contributed by atoms with Gasteiger partial charge in [-0.3, -0.25) is 4.79 Å². The maximum Gasteiger partial charge on any atom is 0.262 e. The fourth-order valence-corrected chi connectivity index (χ4v) is 2.41. The van der Waals surface area contributed by atoms with Crippen molar-refractivity contribution < 1.29 is 19.0 Å². The van der Waals surface area contributed by atoms with Crippen molar-refractivity contribution in [2.75, 3.05) is 18.5 Å². The second-order valence-corrected chi connectivity index (χ2v) is 5.65. The molecule has 0 bridgehead atoms. The predicted molar refractivity (Wildman–Crippen MR) is 105 cm³/mol. The van der Waals surface area contributed by atoms with Crippen LogP contribution in [-0.4, -0.2) is 19.1 Å². The van der Waals surface area contributed by atoms with Crippen LogP contribution < -0.4 is 19.5 Å². The molecule has 0 atom stereocenters. The molecule has 0 aromatic heterocycles. The summed E-state index contributed by atoms with van der Waals surface area (Å²) in [4.78, 5) is 12.1. The topological polar surface area (TPSA) is 56.8 Å². The minimum absolute atomic E-state index is 0.0979. The Kier molecular flexibility index (Phi) is 6.30. The smallest absolute Gasteiger partial charge is 0.262 e. The SMILES string of the molecule is CCOc1ccccc1NC(=O)COc1ccc(Oc2ccccc2)cc1. The summed E-state index contributed by atoms with van der Waals surface area (Å²) in [6.07, 6.45) is 0. The van der Waals surface area contributed by atoms with Crippen molar-refractivity contribution in [3.05, 3.63) is 78.9 Å². The van der Waals surface area contributed by atoms with Crippen LogP contribution in [0.25, 0.3) is 0 Å². The Morgan fingerprint density at radius 2 is 1.41 bits per heavy atom. The monoisotopic (exact) mass is 363 g/mol. The Labute approximate surface area is 158 Å². The van der Waals surface area contributed by atoms with E-state index in [1.807, 2.05) is 55.5 Å². The van der Waals surface area contributed by atoms with Crippen molar-refractivity contribution in [3.8, 4) is 23.0 Å². The number of nitrogens with one attached hydrogen (secondary N) is 1. The molecule has 0 aliphatic heterocycles. The number of rotatable bonds is 8. The second-order valence-electron chi connectivity index (χ2n) is 5.65. The lowest BCUT2D eigenvalue weighted by atomic mass is 10.3. The molecule has 27 heavy (non-hydrogen) atoms. The summed E-state index contributed by atoms with van der Waals surface area (Å²) in [5.74, 6) is 2.42. The second kappa shape index (κ2) is 9.29. The first-order chi connectivity index (χ1) is 13.2. The lowest BCUT2D eigenvalue weighted by Crippen LogP contribution is -2.20. The van der Waals surface area contributed by atoms with E-state index in [1.165, 1.54) is 0 Å². The highest BCUT2D eigenvalue weighted by Gasteiger charge is 2.08. The lowest BCUT2D eigenvalue weighted by Gasteiger charge is -2.12. The standard InChI is InChI=1S/C22H21NO4/c1-2-25-21-11-7-6-10-20(21)23-22(24)16-26-17-12-14-19(15-13-17)27-18-8-4-3-5-9-18/h3-15H,2,16H2,1H3,(H,23,24). The molecular formula is C22H21NO4. The van der Waals surface area contributed by atoms with Crippen LogP contribution in [-0.2, 0) is 4.79 Å². The van der Waals surface area contributed by atoms with Gasteiger partial charge in [-0.1, -0.05) is 30.3 Å². The van der Waals surface area contributed by atoms with E-state index in [0.717, 1.165) is 5.75 Å². The first kappa shape index (κ1) is 18.3. The summed E-state index contributed by atoms with van der Waals surface area (Å²) in [7, 11) is 0. The zero-order valence-corrected chi connectivity index (χ0v) is 15.1. The number of ether oxygens (including phenoxy) is 3. The van der Waals surface area contributed by atoms with Crippen LogP contribution in [0.2, 0.25) is 0 Å². The molecule has 0 radical (unpaired) electrons. The van der Waals surface area contributed by atoms with Crippen LogP contribution in [0.15, 0.2) is 78.9 Å². The van der Waals surface area contributed by atoms with Gasteiger partial charge in [0.05, 0.1) is 12.3 Å². The highest BCUT2D eigenvalue weighted by atomic mass is 16.5. The van der Waals surface area contributed by atoms with E-state index in [4.69, 9.17) is 14.2 Å². The molecule has 1 N–H and O–H groups in total. The molecule has 0 aliphatic carbocycles. The quantitative estimate of drug-likeness (QED) is 0.619. The van der Waals surface area contributed by atoms with Crippen LogP contribution in [0.4, 0.5) is 5.69 Å². The molecule has 0 heterocycles. The van der Waals surface area contributed by atoms with Crippen molar-refractivity contribution in [2.24, 2.45) is 0 Å². The first-order valence-corrected chi connectivity index (χ1v) is 8.72. The van der Waals surface area contributed by atoms with E-state index >= 15 is 0 Å². The van der Waals surface area contributed by atoms with Gasteiger partial charge in [-0.2, -0.15) is 0 Å². The average molecular weight is 363 g/mol. The number of carbonyl (C=O) groups is 1. The minimum atomic E-state index is -0.258. The van der Waals surface area contributed by atoms with Gasteiger partial charge in [0.25, 0.3) is 5.91 Å². The lowest BCUT2D eigenvalue weighted by molar-refractivity contribution is -0.118. The number of hydrogen-bond donors (Lipinski definition) is 1. The third-order valence-corrected chi connectivity index (χ3v) is 3.63. The van der Waals surface area contributed by atoms with Crippen molar-refractivity contribution in [3.63, 3.8) is 0 Å². The number of hydrogen-bond acceptors (Lipinski definition) is 4. The van der Waals surface area contributed by atoms with Gasteiger partial charge in [0.1, 0.15) is 23.0 Å². The highest BCUT2D eigenvalue weighted by molar-refractivity contribution is 5.93. The zero-order chi connectivity index (χ0) is 18.9. The highest BCUT2D eigenvalue weighted by Crippen LogP contribution is 2.25. The molecule has 3 rings (SSSR count). The normalized spacial score (nSPS) is 10.1. The number of anilines is 1. The molecule has 1 amide bonds. The number of benzene rings is 3. The Hall–Kier alpha value is -3.47. The van der Waals surface area contributed by atoms with Crippen LogP contribution in [0.5, 0.6) is 23.0 Å². The molecule has 0 aliphatic rings. The maximum atomic E-state index is 12.1. The summed E-state index contributed by atoms with van der Waals surface area (Å²) in [6.45, 7) is 2.33. The molecule has 3 aromatic carbocycles. The van der Waals surface area contributed by atoms with E-state index in [-0.39, 0.29) is 12.5 Å². The predicted octanol–water partition coefficient (Wildman–Crippen LogP) is 4.90. The van der Waals surface area contributed by atoms with E-state index in [2.05, 4.69) is 5.32 Å². The van der Waals surface area contributed by atoms with Crippen molar-refractivity contribution >= 4 is 11.6 Å². The molecule has 5 heteroatoms. The fourth-order valence-electron chi connectivity index (χ4n) is 2.41. The van der Waals surface area contributed by atoms with Gasteiger partial charge >= 0.3 is 0 Å². The van der Waals surface area contributed by atoms with Crippen LogP contribution in [0.3, 0.4) is 0 Å². The Bertz CT molecular complexity index is 863. The van der Waals surface area contributed by atoms with Crippen molar-refractivity contribution in [1.29, 1.82) is 0 Å². The van der Waals surface area contributed by atoms with Gasteiger partial charge in [0.15, 0.2) is 6.61 Å². The maximum absolute atomic E-state index is 12.1. The number of carbonyl (C=O) groups excluding carboxylic acids is 1. The Morgan fingerprint density at radius 1 is 0.778 bits per heavy atom. The summed E-state index contributed by atoms with van der Waals surface area (Å²) in [5.41, 5.74) is 0.625. The molecule has 0 unspecified atom stereocenters. The van der Waals surface area contributed by atoms with Gasteiger partial charge in [0.2, 0.25) is 0 Å². The van der Waals surface area contributed by atoms with Gasteiger partial charge < -0.3 is 19.5 Å². The summed E-state index contributed by atoms with van der Waals surface area (Å²) in [6, 6.07) is 23.9. The van der Waals surface area contributed by atoms with Crippen LogP contribution in [0, 0.1) is 0 Å². The number of para-hydroxylation sites is 3. The molecule has 138 valence electrons. The molecule has 0 spiro atoms. The summed E-state index contributed by atoms with van der Waals surface area (Å²) >= 11 is 0. The molecular weight excluding hydrogens is 342 g/mol. The van der Waals surface area contributed by atoms with Crippen molar-refractivity contribution in [1.82, 2.24) is 0 Å². The van der Waals surface area contributed by atoms with E-state index < -0.39 is 0 Å². The fraction of sp³-hybridized carbons (Fsp3) is 0.136. The zero-order valence-electron chi connectivity index (χ0n) is 15.1. The molecule has 0 fully saturated rings. The Morgan fingerprint density at radius 3 is 2.15 bits per heavy atom. The molecule has 5 nitrogen and oxygen atoms in total. The molecule has 0 saturated carbocycles. The van der Waals surface area contributed by atoms with Crippen molar-refractivity contribution in [2.45, 2.75) is 6.92 Å². The average Bonchev–Trinajstić information content (AvgIpc) is 2.70. The van der Waals surface area contributed by atoms with E-state index in [9.17, 15) is 4.79 Å². The molecule has 3 aromatic rings. The third-order valence-electron chi connectivity index (χ3n) is 3.63. The minimum Gasteiger partial charge on any atom is -0.492 e. The molecule has 0 saturated heterocycles. The van der Waals surface area contributed by atoms with Gasteiger partial charge in [-0.05, 0) is 55.5 Å².